The van der Waals surface area contributed by atoms with Crippen LogP contribution in [0.4, 0.5) is 11.4 Å². The Morgan fingerprint density at radius 2 is 1.75 bits per heavy atom. The van der Waals surface area contributed by atoms with Crippen LogP contribution in [0.1, 0.15) is 24.8 Å². The summed E-state index contributed by atoms with van der Waals surface area (Å²) in [7, 11) is -3.99. The average molecular weight is 399 g/mol. The lowest BCUT2D eigenvalue weighted by atomic mass is 9.98. The zero-order valence-electron chi connectivity index (χ0n) is 15.2. The molecule has 0 aliphatic carbocycles. The fourth-order valence-corrected chi connectivity index (χ4v) is 5.59. The molecule has 8 heteroatoms. The van der Waals surface area contributed by atoms with Crippen molar-refractivity contribution < 1.29 is 18.0 Å². The van der Waals surface area contributed by atoms with Crippen LogP contribution in [0, 0.1) is 0 Å². The Morgan fingerprint density at radius 1 is 1.04 bits per heavy atom. The molecule has 2 aromatic carbocycles. The highest BCUT2D eigenvalue weighted by atomic mass is 32.2. The summed E-state index contributed by atoms with van der Waals surface area (Å²) in [5.74, 6) is -0.633. The molecule has 1 fully saturated rings. The molecular formula is C20H21N3O4S. The Balaban J connectivity index is 1.74. The first kappa shape index (κ1) is 18.5. The van der Waals surface area contributed by atoms with E-state index in [1.54, 1.807) is 29.2 Å². The van der Waals surface area contributed by atoms with E-state index in [0.717, 1.165) is 16.3 Å². The van der Waals surface area contributed by atoms with E-state index in [2.05, 4.69) is 0 Å². The monoisotopic (exact) mass is 399 g/mol. The number of rotatable bonds is 4. The van der Waals surface area contributed by atoms with Gasteiger partial charge < -0.3 is 10.6 Å². The Morgan fingerprint density at radius 3 is 2.39 bits per heavy atom. The molecule has 2 heterocycles. The number of nitrogens with two attached hydrogens (primary N) is 1. The van der Waals surface area contributed by atoms with Crippen LogP contribution in [-0.2, 0) is 26.0 Å². The van der Waals surface area contributed by atoms with E-state index in [1.807, 2.05) is 12.1 Å². The van der Waals surface area contributed by atoms with Gasteiger partial charge in [-0.25, -0.2) is 8.42 Å². The predicted molar refractivity (Wildman–Crippen MR) is 105 cm³/mol. The van der Waals surface area contributed by atoms with Crippen molar-refractivity contribution in [1.82, 2.24) is 0 Å². The number of benzene rings is 2. The van der Waals surface area contributed by atoms with Gasteiger partial charge in [-0.3, -0.25) is 13.9 Å². The maximum absolute atomic E-state index is 13.4. The molecule has 0 aromatic heterocycles. The Bertz CT molecular complexity index is 1030. The zero-order valence-corrected chi connectivity index (χ0v) is 16.1. The van der Waals surface area contributed by atoms with Crippen LogP contribution < -0.4 is 14.9 Å². The second-order valence-corrected chi connectivity index (χ2v) is 8.84. The number of carbonyl (C=O) groups is 2. The van der Waals surface area contributed by atoms with E-state index < -0.39 is 22.0 Å². The third-order valence-electron chi connectivity index (χ3n) is 5.31. The summed E-state index contributed by atoms with van der Waals surface area (Å²) in [5.41, 5.74) is 7.54. The number of hydrogen-bond acceptors (Lipinski definition) is 4. The van der Waals surface area contributed by atoms with E-state index in [1.165, 1.54) is 12.1 Å². The number of hydrogen-bond donors (Lipinski definition) is 1. The molecule has 146 valence electrons. The summed E-state index contributed by atoms with van der Waals surface area (Å²) >= 11 is 0. The van der Waals surface area contributed by atoms with Crippen molar-refractivity contribution in [3.63, 3.8) is 0 Å². The standard InChI is InChI=1S/C20H21N3O4S/c21-20(25)18-12-7-14-4-1-2-5-17(14)23(18)28(26,27)16-10-8-15(9-11-16)22-13-3-6-19(22)24/h1-2,4-5,8-11,18H,3,6-7,12-13H2,(H2,21,25)/t18-/m0/s1. The second kappa shape index (κ2) is 6.94. The van der Waals surface area contributed by atoms with Crippen molar-refractivity contribution in [1.29, 1.82) is 0 Å². The van der Waals surface area contributed by atoms with Crippen molar-refractivity contribution in [2.24, 2.45) is 5.73 Å². The van der Waals surface area contributed by atoms with E-state index >= 15 is 0 Å². The minimum absolute atomic E-state index is 0.0364. The molecule has 28 heavy (non-hydrogen) atoms. The Labute approximate surface area is 163 Å². The summed E-state index contributed by atoms with van der Waals surface area (Å²) in [4.78, 5) is 25.6. The molecular weight excluding hydrogens is 378 g/mol. The van der Waals surface area contributed by atoms with Gasteiger partial charge in [-0.15, -0.1) is 0 Å². The number of para-hydroxylation sites is 1. The largest absolute Gasteiger partial charge is 0.368 e. The molecule has 2 aliphatic rings. The molecule has 1 saturated heterocycles. The molecule has 2 aromatic rings. The number of nitrogens with zero attached hydrogens (tertiary/aromatic N) is 2. The van der Waals surface area contributed by atoms with E-state index in [9.17, 15) is 18.0 Å². The van der Waals surface area contributed by atoms with Gasteiger partial charge in [0.15, 0.2) is 0 Å². The van der Waals surface area contributed by atoms with Gasteiger partial charge >= 0.3 is 0 Å². The fraction of sp³-hybridized carbons (Fsp3) is 0.300. The highest BCUT2D eigenvalue weighted by Gasteiger charge is 2.38. The summed E-state index contributed by atoms with van der Waals surface area (Å²) in [6.07, 6.45) is 2.23. The summed E-state index contributed by atoms with van der Waals surface area (Å²) in [6, 6.07) is 12.4. The Hall–Kier alpha value is -2.87. The van der Waals surface area contributed by atoms with Gasteiger partial charge in [-0.1, -0.05) is 18.2 Å². The molecule has 2 N–H and O–H groups in total. The molecule has 2 aliphatic heterocycles. The highest BCUT2D eigenvalue weighted by molar-refractivity contribution is 7.93. The third kappa shape index (κ3) is 3.03. The number of sulfonamides is 1. The van der Waals surface area contributed by atoms with Gasteiger partial charge in [0.05, 0.1) is 10.6 Å². The first-order valence-electron chi connectivity index (χ1n) is 9.21. The fourth-order valence-electron chi connectivity index (χ4n) is 3.90. The lowest BCUT2D eigenvalue weighted by Crippen LogP contribution is -2.50. The molecule has 4 rings (SSSR count). The van der Waals surface area contributed by atoms with Crippen LogP contribution in [0.3, 0.4) is 0 Å². The lowest BCUT2D eigenvalue weighted by molar-refractivity contribution is -0.119. The molecule has 1 atom stereocenters. The van der Waals surface area contributed by atoms with Crippen molar-refractivity contribution in [3.05, 3.63) is 54.1 Å². The molecule has 0 unspecified atom stereocenters. The van der Waals surface area contributed by atoms with Crippen molar-refractivity contribution in [3.8, 4) is 0 Å². The van der Waals surface area contributed by atoms with Crippen LogP contribution in [0.5, 0.6) is 0 Å². The third-order valence-corrected chi connectivity index (χ3v) is 7.14. The van der Waals surface area contributed by atoms with Crippen LogP contribution in [0.2, 0.25) is 0 Å². The zero-order chi connectivity index (χ0) is 19.9. The van der Waals surface area contributed by atoms with Gasteiger partial charge in [-0.05, 0) is 55.2 Å². The van der Waals surface area contributed by atoms with E-state index in [0.29, 0.717) is 37.2 Å². The minimum Gasteiger partial charge on any atom is -0.368 e. The van der Waals surface area contributed by atoms with Gasteiger partial charge in [0.1, 0.15) is 6.04 Å². The first-order valence-corrected chi connectivity index (χ1v) is 10.7. The molecule has 0 radical (unpaired) electrons. The SMILES string of the molecule is NC(=O)[C@@H]1CCc2ccccc2N1S(=O)(=O)c1ccc(N2CCCC2=O)cc1. The molecule has 0 saturated carbocycles. The van der Waals surface area contributed by atoms with Gasteiger partial charge in [0.25, 0.3) is 10.0 Å². The quantitative estimate of drug-likeness (QED) is 0.847. The van der Waals surface area contributed by atoms with Crippen LogP contribution in [-0.4, -0.2) is 32.8 Å². The van der Waals surface area contributed by atoms with Crippen LogP contribution in [0.15, 0.2) is 53.4 Å². The number of fused-ring (bicyclic) bond motifs is 1. The summed E-state index contributed by atoms with van der Waals surface area (Å²) < 4.78 is 27.9. The van der Waals surface area contributed by atoms with Crippen LogP contribution in [0.25, 0.3) is 0 Å². The van der Waals surface area contributed by atoms with Gasteiger partial charge in [0.2, 0.25) is 11.8 Å². The number of carbonyl (C=O) groups excluding carboxylic acids is 2. The maximum Gasteiger partial charge on any atom is 0.265 e. The minimum atomic E-state index is -3.99. The molecule has 2 amide bonds. The average Bonchev–Trinajstić information content (AvgIpc) is 3.13. The van der Waals surface area contributed by atoms with Crippen molar-refractivity contribution in [2.75, 3.05) is 15.7 Å². The lowest BCUT2D eigenvalue weighted by Gasteiger charge is -2.36. The number of primary amides is 1. The number of amides is 2. The summed E-state index contributed by atoms with van der Waals surface area (Å²) in [6.45, 7) is 0.633. The normalized spacial score (nSPS) is 19.6. The smallest absolute Gasteiger partial charge is 0.265 e. The van der Waals surface area contributed by atoms with Gasteiger partial charge in [-0.2, -0.15) is 0 Å². The molecule has 0 spiro atoms. The Kier molecular flexibility index (Phi) is 4.58. The van der Waals surface area contributed by atoms with E-state index in [-0.39, 0.29) is 10.8 Å². The van der Waals surface area contributed by atoms with Crippen molar-refractivity contribution >= 4 is 33.2 Å². The van der Waals surface area contributed by atoms with Gasteiger partial charge in [0, 0.05) is 18.7 Å². The van der Waals surface area contributed by atoms with E-state index in [4.69, 9.17) is 5.73 Å². The topological polar surface area (TPSA) is 101 Å². The number of aryl methyl sites for hydroxylation is 1. The van der Waals surface area contributed by atoms with Crippen LogP contribution >= 0.6 is 0 Å². The molecule has 0 bridgehead atoms. The predicted octanol–water partition coefficient (Wildman–Crippen LogP) is 1.81. The second-order valence-electron chi connectivity index (χ2n) is 7.03. The first-order chi connectivity index (χ1) is 13.4. The summed E-state index contributed by atoms with van der Waals surface area (Å²) in [5, 5.41) is 0. The molecule has 7 nitrogen and oxygen atoms in total. The highest BCUT2D eigenvalue weighted by Crippen LogP contribution is 2.35. The number of anilines is 2. The maximum atomic E-state index is 13.4. The van der Waals surface area contributed by atoms with Crippen molar-refractivity contribution in [2.45, 2.75) is 36.6 Å².